The van der Waals surface area contributed by atoms with Gasteiger partial charge >= 0.3 is 0 Å². The molecule has 2 N–H and O–H groups in total. The number of hydrogen-bond donors (Lipinski definition) is 1. The van der Waals surface area contributed by atoms with Crippen LogP contribution in [0.3, 0.4) is 0 Å². The van der Waals surface area contributed by atoms with E-state index >= 15 is 0 Å². The van der Waals surface area contributed by atoms with Crippen LogP contribution in [-0.4, -0.2) is 18.1 Å². The number of thiazole rings is 1. The van der Waals surface area contributed by atoms with Crippen molar-refractivity contribution >= 4 is 11.3 Å². The number of fused-ring (bicyclic) bond motifs is 1. The third kappa shape index (κ3) is 2.02. The Morgan fingerprint density at radius 2 is 2.33 bits per heavy atom. The van der Waals surface area contributed by atoms with Crippen molar-refractivity contribution in [3.8, 4) is 17.0 Å². The van der Waals surface area contributed by atoms with Crippen molar-refractivity contribution in [3.05, 3.63) is 33.6 Å². The molecule has 1 aliphatic heterocycles. The lowest BCUT2D eigenvalue weighted by Gasteiger charge is -2.02. The molecule has 2 heterocycles. The molecular weight excluding hydrogens is 244 g/mol. The molecule has 1 aromatic heterocycles. The van der Waals surface area contributed by atoms with Crippen molar-refractivity contribution in [2.24, 2.45) is 5.73 Å². The number of nitrogens with two attached hydrogens (primary N) is 1. The van der Waals surface area contributed by atoms with Gasteiger partial charge in [-0.25, -0.2) is 4.98 Å². The van der Waals surface area contributed by atoms with Crippen molar-refractivity contribution in [3.63, 3.8) is 0 Å². The zero-order valence-corrected chi connectivity index (χ0v) is 11.2. The first kappa shape index (κ1) is 11.7. The van der Waals surface area contributed by atoms with Gasteiger partial charge in [-0.15, -0.1) is 11.3 Å². The van der Waals surface area contributed by atoms with E-state index in [0.717, 1.165) is 35.9 Å². The molecule has 0 spiro atoms. The van der Waals surface area contributed by atoms with Crippen LogP contribution < -0.4 is 10.5 Å². The van der Waals surface area contributed by atoms with Gasteiger partial charge in [-0.05, 0) is 37.2 Å². The highest BCUT2D eigenvalue weighted by atomic mass is 32.1. The Balaban J connectivity index is 1.99. The first-order valence-electron chi connectivity index (χ1n) is 6.20. The van der Waals surface area contributed by atoms with Crippen LogP contribution >= 0.6 is 11.3 Å². The SMILES string of the molecule is Cc1sc(CCN)nc1-c1ccc2c(c1)CCO2. The fraction of sp³-hybridized carbons (Fsp3) is 0.357. The number of aryl methyl sites for hydroxylation is 1. The van der Waals surface area contributed by atoms with Crippen molar-refractivity contribution in [2.75, 3.05) is 13.2 Å². The van der Waals surface area contributed by atoms with Gasteiger partial charge in [-0.1, -0.05) is 0 Å². The van der Waals surface area contributed by atoms with E-state index in [0.29, 0.717) is 6.54 Å². The topological polar surface area (TPSA) is 48.1 Å². The largest absolute Gasteiger partial charge is 0.493 e. The minimum Gasteiger partial charge on any atom is -0.493 e. The van der Waals surface area contributed by atoms with E-state index < -0.39 is 0 Å². The van der Waals surface area contributed by atoms with E-state index in [2.05, 4.69) is 25.1 Å². The van der Waals surface area contributed by atoms with Gasteiger partial charge in [-0.2, -0.15) is 0 Å². The molecule has 0 saturated heterocycles. The summed E-state index contributed by atoms with van der Waals surface area (Å²) < 4.78 is 5.53. The number of rotatable bonds is 3. The van der Waals surface area contributed by atoms with Crippen LogP contribution in [0.15, 0.2) is 18.2 Å². The standard InChI is InChI=1S/C14H16N2OS/c1-9-14(16-13(18-9)4-6-15)11-2-3-12-10(8-11)5-7-17-12/h2-3,8H,4-7,15H2,1H3. The van der Waals surface area contributed by atoms with E-state index in [9.17, 15) is 0 Å². The highest BCUT2D eigenvalue weighted by Gasteiger charge is 2.15. The Morgan fingerprint density at radius 3 is 3.17 bits per heavy atom. The van der Waals surface area contributed by atoms with Gasteiger partial charge in [0, 0.05) is 23.3 Å². The molecule has 1 aliphatic rings. The molecule has 94 valence electrons. The van der Waals surface area contributed by atoms with Crippen molar-refractivity contribution < 1.29 is 4.74 Å². The first-order valence-corrected chi connectivity index (χ1v) is 7.02. The van der Waals surface area contributed by atoms with Gasteiger partial charge in [-0.3, -0.25) is 0 Å². The fourth-order valence-electron chi connectivity index (χ4n) is 2.28. The van der Waals surface area contributed by atoms with Crippen LogP contribution in [0, 0.1) is 6.92 Å². The lowest BCUT2D eigenvalue weighted by atomic mass is 10.1. The fourth-order valence-corrected chi connectivity index (χ4v) is 3.25. The average molecular weight is 260 g/mol. The van der Waals surface area contributed by atoms with Crippen LogP contribution in [0.25, 0.3) is 11.3 Å². The quantitative estimate of drug-likeness (QED) is 0.922. The molecule has 4 heteroatoms. The highest BCUT2D eigenvalue weighted by Crippen LogP contribution is 2.33. The van der Waals surface area contributed by atoms with Crippen LogP contribution in [0.1, 0.15) is 15.4 Å². The molecule has 2 aromatic rings. The van der Waals surface area contributed by atoms with Crippen LogP contribution in [0.5, 0.6) is 5.75 Å². The van der Waals surface area contributed by atoms with Crippen molar-refractivity contribution in [2.45, 2.75) is 19.8 Å². The second-order valence-electron chi connectivity index (χ2n) is 4.47. The molecule has 1 aromatic carbocycles. The summed E-state index contributed by atoms with van der Waals surface area (Å²) in [6.45, 7) is 3.58. The third-order valence-electron chi connectivity index (χ3n) is 3.16. The molecule has 0 amide bonds. The minimum absolute atomic E-state index is 0.657. The van der Waals surface area contributed by atoms with Gasteiger partial charge in [0.15, 0.2) is 0 Å². The molecule has 18 heavy (non-hydrogen) atoms. The van der Waals surface area contributed by atoms with Crippen LogP contribution in [0.4, 0.5) is 0 Å². The third-order valence-corrected chi connectivity index (χ3v) is 4.19. The second kappa shape index (κ2) is 4.71. The molecule has 0 saturated carbocycles. The number of benzene rings is 1. The molecule has 0 bridgehead atoms. The number of ether oxygens (including phenoxy) is 1. The van der Waals surface area contributed by atoms with Gasteiger partial charge in [0.25, 0.3) is 0 Å². The summed E-state index contributed by atoms with van der Waals surface area (Å²) in [6.07, 6.45) is 1.86. The summed E-state index contributed by atoms with van der Waals surface area (Å²) in [4.78, 5) is 5.95. The Bertz CT molecular complexity index is 577. The maximum absolute atomic E-state index is 5.58. The molecular formula is C14H16N2OS. The molecule has 0 radical (unpaired) electrons. The smallest absolute Gasteiger partial charge is 0.122 e. The molecule has 0 fully saturated rings. The average Bonchev–Trinajstić information content (AvgIpc) is 2.95. The summed E-state index contributed by atoms with van der Waals surface area (Å²) in [5.74, 6) is 1.02. The number of aromatic nitrogens is 1. The molecule has 0 unspecified atom stereocenters. The predicted molar refractivity (Wildman–Crippen MR) is 74.2 cm³/mol. The van der Waals surface area contributed by atoms with E-state index in [4.69, 9.17) is 15.5 Å². The van der Waals surface area contributed by atoms with Gasteiger partial charge in [0.2, 0.25) is 0 Å². The monoisotopic (exact) mass is 260 g/mol. The lowest BCUT2D eigenvalue weighted by molar-refractivity contribution is 0.357. The molecule has 3 nitrogen and oxygen atoms in total. The maximum Gasteiger partial charge on any atom is 0.122 e. The number of nitrogens with zero attached hydrogens (tertiary/aromatic N) is 1. The summed E-state index contributed by atoms with van der Waals surface area (Å²) >= 11 is 1.74. The Kier molecular flexibility index (Phi) is 3.06. The van der Waals surface area contributed by atoms with Crippen molar-refractivity contribution in [1.29, 1.82) is 0 Å². The predicted octanol–water partition coefficient (Wildman–Crippen LogP) is 2.55. The maximum atomic E-state index is 5.58. The van der Waals surface area contributed by atoms with Crippen molar-refractivity contribution in [1.82, 2.24) is 4.98 Å². The van der Waals surface area contributed by atoms with E-state index in [1.54, 1.807) is 11.3 Å². The molecule has 3 rings (SSSR count). The van der Waals surface area contributed by atoms with Crippen LogP contribution in [0.2, 0.25) is 0 Å². The Labute approximate surface area is 111 Å². The van der Waals surface area contributed by atoms with Gasteiger partial charge < -0.3 is 10.5 Å². The van der Waals surface area contributed by atoms with E-state index in [-0.39, 0.29) is 0 Å². The second-order valence-corrected chi connectivity index (χ2v) is 5.76. The summed E-state index contributed by atoms with van der Waals surface area (Å²) in [5.41, 5.74) is 9.16. The van der Waals surface area contributed by atoms with E-state index in [1.165, 1.54) is 16.0 Å². The zero-order valence-electron chi connectivity index (χ0n) is 10.4. The summed E-state index contributed by atoms with van der Waals surface area (Å²) in [7, 11) is 0. The zero-order chi connectivity index (χ0) is 12.5. The Hall–Kier alpha value is -1.39. The Morgan fingerprint density at radius 1 is 1.44 bits per heavy atom. The van der Waals surface area contributed by atoms with Crippen LogP contribution in [-0.2, 0) is 12.8 Å². The normalized spacial score (nSPS) is 13.4. The molecule has 0 atom stereocenters. The highest BCUT2D eigenvalue weighted by molar-refractivity contribution is 7.12. The number of hydrogen-bond acceptors (Lipinski definition) is 4. The minimum atomic E-state index is 0.657. The molecule has 0 aliphatic carbocycles. The summed E-state index contributed by atoms with van der Waals surface area (Å²) in [6, 6.07) is 6.36. The van der Waals surface area contributed by atoms with Gasteiger partial charge in [0.1, 0.15) is 5.75 Å². The van der Waals surface area contributed by atoms with E-state index in [1.807, 2.05) is 0 Å². The van der Waals surface area contributed by atoms with Gasteiger partial charge in [0.05, 0.1) is 17.3 Å². The summed E-state index contributed by atoms with van der Waals surface area (Å²) in [5, 5.41) is 1.13. The lowest BCUT2D eigenvalue weighted by Crippen LogP contribution is -2.01. The first-order chi connectivity index (χ1) is 8.78.